The van der Waals surface area contributed by atoms with Gasteiger partial charge in [-0.05, 0) is 12.8 Å². The third-order valence-corrected chi connectivity index (χ3v) is 2.70. The molecular formula is C9H18N4O2. The minimum absolute atomic E-state index is 0.0606. The van der Waals surface area contributed by atoms with Crippen LogP contribution in [0.3, 0.4) is 0 Å². The van der Waals surface area contributed by atoms with E-state index in [1.165, 1.54) is 0 Å². The zero-order valence-electron chi connectivity index (χ0n) is 8.94. The van der Waals surface area contributed by atoms with Crippen LogP contribution in [0.5, 0.6) is 0 Å². The molecule has 2 amide bonds. The fraction of sp³-hybridized carbons (Fsp3) is 0.778. The molecule has 0 aromatic rings. The van der Waals surface area contributed by atoms with Gasteiger partial charge in [-0.25, -0.2) is 4.79 Å². The van der Waals surface area contributed by atoms with Crippen LogP contribution in [0.25, 0.3) is 0 Å². The van der Waals surface area contributed by atoms with E-state index in [9.17, 15) is 4.79 Å². The summed E-state index contributed by atoms with van der Waals surface area (Å²) < 4.78 is 0. The maximum Gasteiger partial charge on any atom is 0.317 e. The van der Waals surface area contributed by atoms with E-state index in [0.29, 0.717) is 0 Å². The first kappa shape index (κ1) is 11.6. The Morgan fingerprint density at radius 2 is 2.20 bits per heavy atom. The Morgan fingerprint density at radius 1 is 1.60 bits per heavy atom. The van der Waals surface area contributed by atoms with Crippen molar-refractivity contribution in [1.29, 1.82) is 0 Å². The zero-order chi connectivity index (χ0) is 11.3. The molecule has 1 fully saturated rings. The lowest BCUT2D eigenvalue weighted by Crippen LogP contribution is -2.48. The number of oxime groups is 1. The molecule has 0 spiro atoms. The summed E-state index contributed by atoms with van der Waals surface area (Å²) in [5.41, 5.74) is 5.41. The smallest absolute Gasteiger partial charge is 0.317 e. The predicted molar refractivity (Wildman–Crippen MR) is 56.8 cm³/mol. The molecule has 0 bridgehead atoms. The molecule has 1 aliphatic carbocycles. The van der Waals surface area contributed by atoms with Crippen molar-refractivity contribution >= 4 is 11.9 Å². The quantitative estimate of drug-likeness (QED) is 0.273. The first-order valence-corrected chi connectivity index (χ1v) is 5.13. The van der Waals surface area contributed by atoms with E-state index in [1.807, 2.05) is 0 Å². The van der Waals surface area contributed by atoms with E-state index >= 15 is 0 Å². The number of nitrogens with two attached hydrogens (primary N) is 1. The number of nitrogens with one attached hydrogen (secondary N) is 1. The van der Waals surface area contributed by atoms with E-state index in [-0.39, 0.29) is 24.5 Å². The molecule has 4 N–H and O–H groups in total. The minimum Gasteiger partial charge on any atom is -0.409 e. The molecule has 0 heterocycles. The van der Waals surface area contributed by atoms with Crippen LogP contribution < -0.4 is 11.1 Å². The van der Waals surface area contributed by atoms with Gasteiger partial charge in [-0.1, -0.05) is 18.0 Å². The Balaban J connectivity index is 2.63. The van der Waals surface area contributed by atoms with Gasteiger partial charge in [-0.15, -0.1) is 0 Å². The predicted octanol–water partition coefficient (Wildman–Crippen LogP) is 0.317. The normalized spacial score (nSPS) is 17.8. The van der Waals surface area contributed by atoms with Crippen LogP contribution in [0.4, 0.5) is 4.79 Å². The van der Waals surface area contributed by atoms with E-state index in [0.717, 1.165) is 25.7 Å². The molecule has 0 atom stereocenters. The number of amides is 2. The molecule has 1 aliphatic rings. The van der Waals surface area contributed by atoms with Gasteiger partial charge >= 0.3 is 6.03 Å². The van der Waals surface area contributed by atoms with Gasteiger partial charge in [0.25, 0.3) is 0 Å². The largest absolute Gasteiger partial charge is 0.409 e. The van der Waals surface area contributed by atoms with E-state index in [2.05, 4.69) is 10.5 Å². The van der Waals surface area contributed by atoms with E-state index in [4.69, 9.17) is 10.9 Å². The van der Waals surface area contributed by atoms with Crippen molar-refractivity contribution in [3.63, 3.8) is 0 Å². The number of rotatable bonds is 3. The van der Waals surface area contributed by atoms with Crippen LogP contribution in [0.15, 0.2) is 5.16 Å². The second kappa shape index (κ2) is 5.43. The summed E-state index contributed by atoms with van der Waals surface area (Å²) in [5, 5.41) is 13.9. The summed E-state index contributed by atoms with van der Waals surface area (Å²) >= 11 is 0. The fourth-order valence-electron chi connectivity index (χ4n) is 1.93. The molecule has 15 heavy (non-hydrogen) atoms. The second-order valence-electron chi connectivity index (χ2n) is 3.71. The number of amidine groups is 1. The average Bonchev–Trinajstić information content (AvgIpc) is 2.77. The monoisotopic (exact) mass is 214 g/mol. The summed E-state index contributed by atoms with van der Waals surface area (Å²) in [5.74, 6) is 0.0606. The maximum atomic E-state index is 11.6. The highest BCUT2D eigenvalue weighted by atomic mass is 16.4. The number of carbonyl (C=O) groups is 1. The summed E-state index contributed by atoms with van der Waals surface area (Å²) in [6.07, 6.45) is 4.25. The molecule has 0 aliphatic heterocycles. The number of urea groups is 1. The van der Waals surface area contributed by atoms with Crippen molar-refractivity contribution in [3.05, 3.63) is 0 Å². The van der Waals surface area contributed by atoms with Crippen molar-refractivity contribution < 1.29 is 10.0 Å². The third-order valence-electron chi connectivity index (χ3n) is 2.70. The average molecular weight is 214 g/mol. The fourth-order valence-corrected chi connectivity index (χ4v) is 1.93. The van der Waals surface area contributed by atoms with Crippen molar-refractivity contribution in [2.45, 2.75) is 31.7 Å². The van der Waals surface area contributed by atoms with Crippen LogP contribution in [0.2, 0.25) is 0 Å². The molecule has 0 aromatic carbocycles. The van der Waals surface area contributed by atoms with Crippen molar-refractivity contribution in [1.82, 2.24) is 10.2 Å². The van der Waals surface area contributed by atoms with Gasteiger partial charge in [0, 0.05) is 13.1 Å². The Bertz CT molecular complexity index is 248. The lowest BCUT2D eigenvalue weighted by Gasteiger charge is -2.27. The number of carbonyl (C=O) groups excluding carboxylic acids is 1. The van der Waals surface area contributed by atoms with Gasteiger partial charge in [-0.2, -0.15) is 0 Å². The van der Waals surface area contributed by atoms with E-state index < -0.39 is 0 Å². The standard InChI is InChI=1S/C9H18N4O2/c1-11-9(14)13(6-8(10)12-15)7-4-2-3-5-7/h7,15H,2-6H2,1H3,(H2,10,12)(H,11,14). The Kier molecular flexibility index (Phi) is 4.20. The van der Waals surface area contributed by atoms with Crippen LogP contribution in [0, 0.1) is 0 Å². The molecule has 0 aromatic heterocycles. The first-order chi connectivity index (χ1) is 7.19. The summed E-state index contributed by atoms with van der Waals surface area (Å²) in [6, 6.07) is 0.0405. The lowest BCUT2D eigenvalue weighted by molar-refractivity contribution is 0.186. The zero-order valence-corrected chi connectivity index (χ0v) is 8.94. The molecule has 1 saturated carbocycles. The topological polar surface area (TPSA) is 91.0 Å². The van der Waals surface area contributed by atoms with Crippen LogP contribution in [0.1, 0.15) is 25.7 Å². The second-order valence-corrected chi connectivity index (χ2v) is 3.71. The first-order valence-electron chi connectivity index (χ1n) is 5.13. The molecule has 0 radical (unpaired) electrons. The van der Waals surface area contributed by atoms with Gasteiger partial charge < -0.3 is 21.2 Å². The Morgan fingerprint density at radius 3 is 2.67 bits per heavy atom. The molecule has 1 rings (SSSR count). The lowest BCUT2D eigenvalue weighted by atomic mass is 10.2. The minimum atomic E-state index is -0.173. The van der Waals surface area contributed by atoms with Crippen LogP contribution in [-0.4, -0.2) is 41.6 Å². The summed E-state index contributed by atoms with van der Waals surface area (Å²) in [7, 11) is 1.58. The van der Waals surface area contributed by atoms with E-state index in [1.54, 1.807) is 11.9 Å². The number of hydrogen-bond acceptors (Lipinski definition) is 3. The van der Waals surface area contributed by atoms with Gasteiger partial charge in [0.05, 0.1) is 6.54 Å². The van der Waals surface area contributed by atoms with Gasteiger partial charge in [0.2, 0.25) is 0 Å². The van der Waals surface area contributed by atoms with Crippen molar-refractivity contribution in [3.8, 4) is 0 Å². The van der Waals surface area contributed by atoms with Gasteiger partial charge in [-0.3, -0.25) is 0 Å². The van der Waals surface area contributed by atoms with Crippen molar-refractivity contribution in [2.75, 3.05) is 13.6 Å². The summed E-state index contributed by atoms with van der Waals surface area (Å²) in [6.45, 7) is 0.181. The Labute approximate surface area is 89.1 Å². The molecular weight excluding hydrogens is 196 g/mol. The maximum absolute atomic E-state index is 11.6. The molecule has 0 saturated heterocycles. The van der Waals surface area contributed by atoms with Gasteiger partial charge in [0.1, 0.15) is 0 Å². The van der Waals surface area contributed by atoms with Gasteiger partial charge in [0.15, 0.2) is 5.84 Å². The Hall–Kier alpha value is -1.46. The van der Waals surface area contributed by atoms with Crippen LogP contribution in [-0.2, 0) is 0 Å². The third kappa shape index (κ3) is 3.00. The summed E-state index contributed by atoms with van der Waals surface area (Å²) in [4.78, 5) is 13.2. The number of hydrogen-bond donors (Lipinski definition) is 3. The highest BCUT2D eigenvalue weighted by molar-refractivity contribution is 5.86. The van der Waals surface area contributed by atoms with Crippen LogP contribution >= 0.6 is 0 Å². The number of nitrogens with zero attached hydrogens (tertiary/aromatic N) is 2. The molecule has 6 heteroatoms. The molecule has 0 unspecified atom stereocenters. The molecule has 86 valence electrons. The van der Waals surface area contributed by atoms with Crippen molar-refractivity contribution in [2.24, 2.45) is 10.9 Å². The molecule has 6 nitrogen and oxygen atoms in total. The SMILES string of the molecule is CNC(=O)N(CC(N)=NO)C1CCCC1. The highest BCUT2D eigenvalue weighted by Crippen LogP contribution is 2.23. The highest BCUT2D eigenvalue weighted by Gasteiger charge is 2.26.